The monoisotopic (exact) mass is 314 g/mol. The molecule has 1 atom stereocenters. The van der Waals surface area contributed by atoms with Crippen LogP contribution in [0.4, 0.5) is 0 Å². The van der Waals surface area contributed by atoms with Crippen LogP contribution >= 0.6 is 11.6 Å². The topological polar surface area (TPSA) is 87.7 Å². The van der Waals surface area contributed by atoms with Crippen LogP contribution in [0.2, 0.25) is 5.02 Å². The number of nitriles is 1. The Bertz CT molecular complexity index is 788. The number of hydrogen-bond donors (Lipinski definition) is 2. The lowest BCUT2D eigenvalue weighted by Gasteiger charge is -2.24. The highest BCUT2D eigenvalue weighted by Gasteiger charge is 2.34. The van der Waals surface area contributed by atoms with Crippen LogP contribution in [0.3, 0.4) is 0 Å². The van der Waals surface area contributed by atoms with Crippen molar-refractivity contribution in [3.63, 3.8) is 0 Å². The zero-order chi connectivity index (χ0) is 15.7. The largest absolute Gasteiger partial charge is 0.420 e. The molecule has 5 nitrogen and oxygen atoms in total. The molecule has 2 aromatic rings. The maximum absolute atomic E-state index is 9.51. The van der Waals surface area contributed by atoms with Crippen molar-refractivity contribution in [3.05, 3.63) is 57.6 Å². The van der Waals surface area contributed by atoms with Gasteiger partial charge in [0.1, 0.15) is 11.6 Å². The molecule has 0 bridgehead atoms. The Hall–Kier alpha value is -2.45. The second-order valence-electron chi connectivity index (χ2n) is 5.15. The number of nitrogens with one attached hydrogen (secondary N) is 1. The maximum Gasteiger partial charge on any atom is 0.244 e. The summed E-state index contributed by atoms with van der Waals surface area (Å²) in [6.45, 7) is 2.08. The molecule has 3 N–H and O–H groups in total. The fraction of sp³-hybridized carbons (Fsp3) is 0.250. The first-order valence-corrected chi connectivity index (χ1v) is 7.43. The van der Waals surface area contributed by atoms with Gasteiger partial charge in [-0.3, -0.25) is 5.10 Å². The summed E-state index contributed by atoms with van der Waals surface area (Å²) in [6.07, 6.45) is 1.78. The van der Waals surface area contributed by atoms with Crippen molar-refractivity contribution < 1.29 is 4.74 Å². The molecule has 22 heavy (non-hydrogen) atoms. The Morgan fingerprint density at radius 3 is 3.00 bits per heavy atom. The van der Waals surface area contributed by atoms with E-state index in [1.165, 1.54) is 0 Å². The Morgan fingerprint density at radius 1 is 1.50 bits per heavy atom. The van der Waals surface area contributed by atoms with Crippen LogP contribution < -0.4 is 10.5 Å². The van der Waals surface area contributed by atoms with E-state index >= 15 is 0 Å². The fourth-order valence-corrected chi connectivity index (χ4v) is 2.97. The number of aryl methyl sites for hydroxylation is 1. The minimum atomic E-state index is -0.312. The molecule has 1 unspecified atom stereocenters. The molecule has 0 spiro atoms. The summed E-state index contributed by atoms with van der Waals surface area (Å²) in [7, 11) is 0. The highest BCUT2D eigenvalue weighted by Crippen LogP contribution is 2.43. The molecule has 112 valence electrons. The first-order chi connectivity index (χ1) is 10.7. The van der Waals surface area contributed by atoms with Gasteiger partial charge in [-0.25, -0.2) is 0 Å². The summed E-state index contributed by atoms with van der Waals surface area (Å²) in [4.78, 5) is 0. The molecule has 0 fully saturated rings. The minimum Gasteiger partial charge on any atom is -0.420 e. The van der Waals surface area contributed by atoms with E-state index in [1.54, 1.807) is 6.07 Å². The molecular weight excluding hydrogens is 300 g/mol. The zero-order valence-corrected chi connectivity index (χ0v) is 12.8. The van der Waals surface area contributed by atoms with Gasteiger partial charge in [-0.15, -0.1) is 5.10 Å². The molecule has 0 amide bonds. The van der Waals surface area contributed by atoms with Crippen molar-refractivity contribution in [1.82, 2.24) is 10.2 Å². The standard InChI is InChI=1S/C16H15ClN4O/c1-2-4-12-14-13(9-5-3-6-10(17)7-9)11(8-18)15(19)22-16(14)21-20-12/h3,5-7,13H,2,4,19H2,1H3,(H,20,21). The van der Waals surface area contributed by atoms with E-state index < -0.39 is 0 Å². The van der Waals surface area contributed by atoms with Crippen molar-refractivity contribution >= 4 is 11.6 Å². The van der Waals surface area contributed by atoms with Crippen LogP contribution in [0.15, 0.2) is 35.7 Å². The predicted molar refractivity (Wildman–Crippen MR) is 83.3 cm³/mol. The van der Waals surface area contributed by atoms with E-state index in [1.807, 2.05) is 18.2 Å². The van der Waals surface area contributed by atoms with Gasteiger partial charge in [0.2, 0.25) is 11.8 Å². The van der Waals surface area contributed by atoms with Gasteiger partial charge in [0, 0.05) is 16.3 Å². The van der Waals surface area contributed by atoms with Crippen molar-refractivity contribution in [3.8, 4) is 11.9 Å². The van der Waals surface area contributed by atoms with E-state index in [0.717, 1.165) is 29.7 Å². The lowest BCUT2D eigenvalue weighted by molar-refractivity contribution is 0.378. The number of allylic oxidation sites excluding steroid dienone is 1. The van der Waals surface area contributed by atoms with Crippen LogP contribution in [0, 0.1) is 11.3 Å². The first-order valence-electron chi connectivity index (χ1n) is 7.05. The molecule has 2 heterocycles. The third kappa shape index (κ3) is 2.32. The smallest absolute Gasteiger partial charge is 0.244 e. The number of hydrogen-bond acceptors (Lipinski definition) is 4. The lowest BCUT2D eigenvalue weighted by Crippen LogP contribution is -2.21. The van der Waals surface area contributed by atoms with E-state index in [4.69, 9.17) is 22.1 Å². The molecule has 6 heteroatoms. The summed E-state index contributed by atoms with van der Waals surface area (Å²) < 4.78 is 5.50. The molecule has 1 aliphatic heterocycles. The van der Waals surface area contributed by atoms with Gasteiger partial charge in [-0.1, -0.05) is 37.1 Å². The van der Waals surface area contributed by atoms with Crippen LogP contribution in [-0.4, -0.2) is 10.2 Å². The Balaban J connectivity index is 2.21. The van der Waals surface area contributed by atoms with Crippen molar-refractivity contribution in [2.24, 2.45) is 5.73 Å². The van der Waals surface area contributed by atoms with E-state index in [2.05, 4.69) is 23.2 Å². The normalized spacial score (nSPS) is 16.9. The average molecular weight is 315 g/mol. The van der Waals surface area contributed by atoms with E-state index in [0.29, 0.717) is 16.5 Å². The summed E-state index contributed by atoms with van der Waals surface area (Å²) in [5.74, 6) is 0.215. The van der Waals surface area contributed by atoms with E-state index in [9.17, 15) is 5.26 Å². The molecule has 3 rings (SSSR count). The molecule has 0 saturated carbocycles. The van der Waals surface area contributed by atoms with Gasteiger partial charge >= 0.3 is 0 Å². The van der Waals surface area contributed by atoms with Crippen molar-refractivity contribution in [1.29, 1.82) is 5.26 Å². The van der Waals surface area contributed by atoms with Crippen LogP contribution in [-0.2, 0) is 6.42 Å². The molecule has 0 saturated heterocycles. The van der Waals surface area contributed by atoms with E-state index in [-0.39, 0.29) is 11.8 Å². The number of aromatic amines is 1. The average Bonchev–Trinajstić information content (AvgIpc) is 2.88. The van der Waals surface area contributed by atoms with Gasteiger partial charge in [-0.05, 0) is 24.1 Å². The van der Waals surface area contributed by atoms with Gasteiger partial charge < -0.3 is 10.5 Å². The number of nitrogens with two attached hydrogens (primary N) is 1. The second kappa shape index (κ2) is 5.74. The number of aromatic nitrogens is 2. The van der Waals surface area contributed by atoms with Crippen molar-refractivity contribution in [2.75, 3.05) is 0 Å². The number of H-pyrrole nitrogens is 1. The van der Waals surface area contributed by atoms with Crippen LogP contribution in [0.25, 0.3) is 0 Å². The molecule has 1 aromatic carbocycles. The summed E-state index contributed by atoms with van der Waals surface area (Å²) in [5, 5.41) is 17.3. The zero-order valence-electron chi connectivity index (χ0n) is 12.1. The third-order valence-corrected chi connectivity index (χ3v) is 3.93. The summed E-state index contributed by atoms with van der Waals surface area (Å²) in [5.41, 5.74) is 9.01. The SMILES string of the molecule is CCCc1[nH]nc2c1C(c1cccc(Cl)c1)C(C#N)=C(N)O2. The van der Waals surface area contributed by atoms with Gasteiger partial charge in [0.15, 0.2) is 0 Å². The first kappa shape index (κ1) is 14.5. The molecule has 0 aliphatic carbocycles. The molecule has 1 aliphatic rings. The number of ether oxygens (including phenoxy) is 1. The second-order valence-corrected chi connectivity index (χ2v) is 5.59. The van der Waals surface area contributed by atoms with Crippen LogP contribution in [0.5, 0.6) is 5.88 Å². The van der Waals surface area contributed by atoms with Gasteiger partial charge in [0.05, 0.1) is 5.92 Å². The fourth-order valence-electron chi connectivity index (χ4n) is 2.77. The number of rotatable bonds is 3. The highest BCUT2D eigenvalue weighted by atomic mass is 35.5. The predicted octanol–water partition coefficient (Wildman–Crippen LogP) is 3.23. The Labute approximate surface area is 133 Å². The molecular formula is C16H15ClN4O. The molecule has 1 aromatic heterocycles. The molecule has 0 radical (unpaired) electrons. The Kier molecular flexibility index (Phi) is 3.78. The lowest BCUT2D eigenvalue weighted by atomic mass is 9.83. The summed E-state index contributed by atoms with van der Waals surface area (Å²) >= 11 is 6.11. The number of halogens is 1. The quantitative estimate of drug-likeness (QED) is 0.910. The third-order valence-electron chi connectivity index (χ3n) is 3.70. The number of benzene rings is 1. The number of nitrogens with zero attached hydrogens (tertiary/aromatic N) is 2. The van der Waals surface area contributed by atoms with Crippen molar-refractivity contribution in [2.45, 2.75) is 25.7 Å². The highest BCUT2D eigenvalue weighted by molar-refractivity contribution is 6.30. The van der Waals surface area contributed by atoms with Gasteiger partial charge in [0.25, 0.3) is 0 Å². The summed E-state index contributed by atoms with van der Waals surface area (Å²) in [6, 6.07) is 9.60. The van der Waals surface area contributed by atoms with Gasteiger partial charge in [-0.2, -0.15) is 5.26 Å². The maximum atomic E-state index is 9.51. The minimum absolute atomic E-state index is 0.0922. The Morgan fingerprint density at radius 2 is 2.32 bits per heavy atom. The van der Waals surface area contributed by atoms with Crippen LogP contribution in [0.1, 0.15) is 36.1 Å². The number of fused-ring (bicyclic) bond motifs is 1.